The molecule has 0 atom stereocenters. The Morgan fingerprint density at radius 1 is 0.969 bits per heavy atom. The van der Waals surface area contributed by atoms with Gasteiger partial charge >= 0.3 is 0 Å². The van der Waals surface area contributed by atoms with Crippen LogP contribution < -0.4 is 4.90 Å². The first kappa shape index (κ1) is 21.2. The van der Waals surface area contributed by atoms with Crippen LogP contribution in [-0.2, 0) is 11.2 Å². The summed E-state index contributed by atoms with van der Waals surface area (Å²) in [5.74, 6) is 1.42. The van der Waals surface area contributed by atoms with Crippen LogP contribution in [0.5, 0.6) is 0 Å². The Bertz CT molecular complexity index is 1060. The molecule has 1 aromatic carbocycles. The van der Waals surface area contributed by atoms with Crippen molar-refractivity contribution in [3.63, 3.8) is 0 Å². The first-order valence-corrected chi connectivity index (χ1v) is 12.2. The standard InChI is InChI=1S/C24H28FN5OS/c25-20-4-1-17(2-5-20)3-6-22(31)30-15-10-19(11-16-30)18-8-13-29(14-9-18)21-7-12-26-24-23(21)27-32-28-24/h1-2,4-5,7,12,18-19H,3,6,8-11,13-16H2. The number of fused-ring (bicyclic) bond motifs is 1. The molecular weight excluding hydrogens is 425 g/mol. The first-order valence-electron chi connectivity index (χ1n) is 11.5. The Morgan fingerprint density at radius 3 is 2.38 bits per heavy atom. The molecule has 2 aliphatic heterocycles. The lowest BCUT2D eigenvalue weighted by Gasteiger charge is -2.40. The smallest absolute Gasteiger partial charge is 0.222 e. The number of carbonyl (C=O) groups is 1. The zero-order valence-corrected chi connectivity index (χ0v) is 18.9. The van der Waals surface area contributed by atoms with Gasteiger partial charge in [-0.1, -0.05) is 12.1 Å². The number of anilines is 1. The van der Waals surface area contributed by atoms with Gasteiger partial charge in [0.2, 0.25) is 5.91 Å². The molecule has 1 amide bonds. The van der Waals surface area contributed by atoms with Crippen LogP contribution in [0.4, 0.5) is 10.1 Å². The van der Waals surface area contributed by atoms with Gasteiger partial charge in [-0.25, -0.2) is 9.37 Å². The minimum atomic E-state index is -0.234. The van der Waals surface area contributed by atoms with Crippen LogP contribution in [0.3, 0.4) is 0 Å². The molecule has 5 rings (SSSR count). The fourth-order valence-corrected chi connectivity index (χ4v) is 5.74. The van der Waals surface area contributed by atoms with E-state index in [1.807, 2.05) is 11.1 Å². The lowest BCUT2D eigenvalue weighted by atomic mass is 9.78. The number of pyridine rings is 1. The van der Waals surface area contributed by atoms with Crippen LogP contribution in [0.25, 0.3) is 11.2 Å². The molecule has 2 aromatic heterocycles. The van der Waals surface area contributed by atoms with Crippen LogP contribution in [-0.4, -0.2) is 50.7 Å². The summed E-state index contributed by atoms with van der Waals surface area (Å²) in [6.07, 6.45) is 7.57. The maximum Gasteiger partial charge on any atom is 0.222 e. The SMILES string of the molecule is O=C(CCc1ccc(F)cc1)N1CCC(C2CCN(c3ccnc4nsnc34)CC2)CC1. The fourth-order valence-electron chi connectivity index (χ4n) is 5.24. The molecule has 0 unspecified atom stereocenters. The summed E-state index contributed by atoms with van der Waals surface area (Å²) in [6, 6.07) is 8.51. The number of aryl methyl sites for hydroxylation is 1. The van der Waals surface area contributed by atoms with Crippen molar-refractivity contribution in [2.75, 3.05) is 31.1 Å². The maximum absolute atomic E-state index is 13.0. The quantitative estimate of drug-likeness (QED) is 0.576. The average molecular weight is 454 g/mol. The lowest BCUT2D eigenvalue weighted by Crippen LogP contribution is -2.43. The lowest BCUT2D eigenvalue weighted by molar-refractivity contribution is -0.132. The van der Waals surface area contributed by atoms with Crippen molar-refractivity contribution < 1.29 is 9.18 Å². The van der Waals surface area contributed by atoms with Crippen LogP contribution in [0, 0.1) is 17.7 Å². The monoisotopic (exact) mass is 453 g/mol. The summed E-state index contributed by atoms with van der Waals surface area (Å²) < 4.78 is 21.7. The van der Waals surface area contributed by atoms with Crippen molar-refractivity contribution in [3.8, 4) is 0 Å². The van der Waals surface area contributed by atoms with E-state index in [0.717, 1.165) is 67.4 Å². The molecule has 0 radical (unpaired) electrons. The van der Waals surface area contributed by atoms with Crippen molar-refractivity contribution >= 4 is 34.5 Å². The second-order valence-electron chi connectivity index (χ2n) is 8.94. The van der Waals surface area contributed by atoms with Gasteiger partial charge in [0.05, 0.1) is 17.4 Å². The summed E-state index contributed by atoms with van der Waals surface area (Å²) in [4.78, 5) is 21.4. The molecule has 168 valence electrons. The number of likely N-dealkylation sites (tertiary alicyclic amines) is 1. The number of amides is 1. The fraction of sp³-hybridized carbons (Fsp3) is 0.500. The van der Waals surface area contributed by atoms with Gasteiger partial charge in [0.15, 0.2) is 5.65 Å². The number of carbonyl (C=O) groups excluding carboxylic acids is 1. The van der Waals surface area contributed by atoms with E-state index in [1.165, 1.54) is 36.7 Å². The van der Waals surface area contributed by atoms with E-state index in [-0.39, 0.29) is 11.7 Å². The van der Waals surface area contributed by atoms with Gasteiger partial charge in [-0.2, -0.15) is 8.75 Å². The molecule has 2 fully saturated rings. The number of rotatable bonds is 5. The maximum atomic E-state index is 13.0. The van der Waals surface area contributed by atoms with Crippen LogP contribution >= 0.6 is 11.7 Å². The normalized spacial score (nSPS) is 18.4. The molecule has 2 aliphatic rings. The third-order valence-electron chi connectivity index (χ3n) is 7.12. The Hall–Kier alpha value is -2.61. The molecule has 0 N–H and O–H groups in total. The number of halogens is 1. The average Bonchev–Trinajstić information content (AvgIpc) is 3.33. The number of piperidine rings is 2. The molecule has 0 aliphatic carbocycles. The number of nitrogens with zero attached hydrogens (tertiary/aromatic N) is 5. The Labute approximate surface area is 191 Å². The van der Waals surface area contributed by atoms with Gasteiger partial charge in [0.1, 0.15) is 11.3 Å². The minimum Gasteiger partial charge on any atom is -0.370 e. The number of benzene rings is 1. The third kappa shape index (κ3) is 4.60. The van der Waals surface area contributed by atoms with Crippen molar-refractivity contribution in [1.82, 2.24) is 18.6 Å². The highest BCUT2D eigenvalue weighted by Crippen LogP contribution is 2.35. The van der Waals surface area contributed by atoms with Crippen LogP contribution in [0.1, 0.15) is 37.7 Å². The summed E-state index contributed by atoms with van der Waals surface area (Å²) in [5, 5.41) is 0. The van der Waals surface area contributed by atoms with Gasteiger partial charge in [0.25, 0.3) is 0 Å². The van der Waals surface area contributed by atoms with Crippen molar-refractivity contribution in [2.45, 2.75) is 38.5 Å². The van der Waals surface area contributed by atoms with Gasteiger partial charge in [0, 0.05) is 38.8 Å². The molecule has 32 heavy (non-hydrogen) atoms. The zero-order chi connectivity index (χ0) is 21.9. The van der Waals surface area contributed by atoms with E-state index in [4.69, 9.17) is 0 Å². The predicted molar refractivity (Wildman–Crippen MR) is 124 cm³/mol. The van der Waals surface area contributed by atoms with Gasteiger partial charge in [-0.05, 0) is 67.7 Å². The predicted octanol–water partition coefficient (Wildman–Crippen LogP) is 4.31. The molecule has 0 bridgehead atoms. The summed E-state index contributed by atoms with van der Waals surface area (Å²) in [6.45, 7) is 3.81. The highest BCUT2D eigenvalue weighted by molar-refractivity contribution is 7.00. The summed E-state index contributed by atoms with van der Waals surface area (Å²) in [5.41, 5.74) is 3.83. The Morgan fingerprint density at radius 2 is 1.66 bits per heavy atom. The highest BCUT2D eigenvalue weighted by Gasteiger charge is 2.31. The molecule has 3 aromatic rings. The van der Waals surface area contributed by atoms with Crippen molar-refractivity contribution in [2.24, 2.45) is 11.8 Å². The molecule has 2 saturated heterocycles. The van der Waals surface area contributed by atoms with Crippen LogP contribution in [0.2, 0.25) is 0 Å². The number of aromatic nitrogens is 3. The largest absolute Gasteiger partial charge is 0.370 e. The van der Waals surface area contributed by atoms with E-state index in [2.05, 4.69) is 24.7 Å². The van der Waals surface area contributed by atoms with E-state index >= 15 is 0 Å². The molecule has 0 saturated carbocycles. The van der Waals surface area contributed by atoms with Gasteiger partial charge in [-0.15, -0.1) is 0 Å². The molecular formula is C24H28FN5OS. The Balaban J connectivity index is 1.08. The summed E-state index contributed by atoms with van der Waals surface area (Å²) >= 11 is 1.22. The number of hydrogen-bond donors (Lipinski definition) is 0. The van der Waals surface area contributed by atoms with E-state index < -0.39 is 0 Å². The molecule has 8 heteroatoms. The zero-order valence-electron chi connectivity index (χ0n) is 18.1. The van der Waals surface area contributed by atoms with Gasteiger partial charge in [-0.3, -0.25) is 4.79 Å². The highest BCUT2D eigenvalue weighted by atomic mass is 32.1. The molecule has 0 spiro atoms. The topological polar surface area (TPSA) is 62.2 Å². The van der Waals surface area contributed by atoms with E-state index in [0.29, 0.717) is 18.8 Å². The minimum absolute atomic E-state index is 0.223. The van der Waals surface area contributed by atoms with Crippen LogP contribution in [0.15, 0.2) is 36.5 Å². The second kappa shape index (κ2) is 9.48. The van der Waals surface area contributed by atoms with E-state index in [9.17, 15) is 9.18 Å². The van der Waals surface area contributed by atoms with Gasteiger partial charge < -0.3 is 9.80 Å². The van der Waals surface area contributed by atoms with Crippen molar-refractivity contribution in [3.05, 3.63) is 47.9 Å². The van der Waals surface area contributed by atoms with E-state index in [1.54, 1.807) is 12.1 Å². The molecule has 6 nitrogen and oxygen atoms in total. The summed E-state index contributed by atoms with van der Waals surface area (Å²) in [7, 11) is 0. The Kier molecular flexibility index (Phi) is 6.30. The third-order valence-corrected chi connectivity index (χ3v) is 7.64. The van der Waals surface area contributed by atoms with Crippen molar-refractivity contribution in [1.29, 1.82) is 0 Å². The first-order chi connectivity index (χ1) is 15.7. The second-order valence-corrected chi connectivity index (χ2v) is 9.46. The number of hydrogen-bond acceptors (Lipinski definition) is 6. The molecule has 4 heterocycles.